The van der Waals surface area contributed by atoms with Crippen LogP contribution >= 0.6 is 23.4 Å². The van der Waals surface area contributed by atoms with Crippen LogP contribution in [0.4, 0.5) is 5.82 Å². The molecule has 6 heteroatoms. The highest BCUT2D eigenvalue weighted by Gasteiger charge is 2.21. The topological polar surface area (TPSA) is 34.0 Å². The highest BCUT2D eigenvalue weighted by Crippen LogP contribution is 2.33. The maximum absolute atomic E-state index is 6.50. The van der Waals surface area contributed by atoms with E-state index >= 15 is 0 Å². The lowest BCUT2D eigenvalue weighted by Gasteiger charge is -2.32. The Hall–Kier alpha value is -1.72. The second kappa shape index (κ2) is 7.49. The lowest BCUT2D eigenvalue weighted by Crippen LogP contribution is -2.34. The van der Waals surface area contributed by atoms with Crippen LogP contribution in [-0.4, -0.2) is 39.6 Å². The first-order valence-corrected chi connectivity index (χ1v) is 10.8. The van der Waals surface area contributed by atoms with Gasteiger partial charge < -0.3 is 9.47 Å². The van der Waals surface area contributed by atoms with Crippen LogP contribution in [0.5, 0.6) is 0 Å². The van der Waals surface area contributed by atoms with Gasteiger partial charge in [-0.15, -0.1) is 0 Å². The predicted octanol–water partition coefficient (Wildman–Crippen LogP) is 4.87. The number of imidazole rings is 1. The number of aromatic nitrogens is 3. The molecule has 1 saturated heterocycles. The molecule has 0 radical (unpaired) electrons. The molecule has 0 N–H and O–H groups in total. The van der Waals surface area contributed by atoms with Gasteiger partial charge in [-0.05, 0) is 49.0 Å². The highest BCUT2D eigenvalue weighted by atomic mass is 35.5. The van der Waals surface area contributed by atoms with E-state index in [2.05, 4.69) is 32.8 Å². The van der Waals surface area contributed by atoms with Crippen molar-refractivity contribution < 1.29 is 0 Å². The van der Waals surface area contributed by atoms with Crippen molar-refractivity contribution in [3.8, 4) is 11.4 Å². The van der Waals surface area contributed by atoms with Gasteiger partial charge in [0.25, 0.3) is 0 Å². The van der Waals surface area contributed by atoms with E-state index in [-0.39, 0.29) is 0 Å². The molecule has 1 aromatic carbocycles. The number of fused-ring (bicyclic) bond motifs is 1. The molecule has 1 fully saturated rings. The van der Waals surface area contributed by atoms with E-state index in [1.807, 2.05) is 37.0 Å². The summed E-state index contributed by atoms with van der Waals surface area (Å²) in [6.45, 7) is 2.11. The molecule has 2 aromatic heterocycles. The number of hydrogen-bond donors (Lipinski definition) is 0. The minimum Gasteiger partial charge on any atom is -0.357 e. The molecule has 0 atom stereocenters. The van der Waals surface area contributed by atoms with Gasteiger partial charge in [-0.25, -0.2) is 9.97 Å². The van der Waals surface area contributed by atoms with Gasteiger partial charge in [-0.3, -0.25) is 0 Å². The first-order valence-electron chi connectivity index (χ1n) is 8.98. The molecule has 1 aliphatic heterocycles. The van der Waals surface area contributed by atoms with E-state index in [1.165, 1.54) is 18.6 Å². The zero-order chi connectivity index (χ0) is 18.1. The van der Waals surface area contributed by atoms with Gasteiger partial charge in [0.15, 0.2) is 0 Å². The van der Waals surface area contributed by atoms with Crippen LogP contribution in [0, 0.1) is 5.92 Å². The Morgan fingerprint density at radius 1 is 1.23 bits per heavy atom. The van der Waals surface area contributed by atoms with Crippen molar-refractivity contribution in [3.05, 3.63) is 41.6 Å². The Morgan fingerprint density at radius 2 is 2.00 bits per heavy atom. The van der Waals surface area contributed by atoms with E-state index in [0.29, 0.717) is 5.02 Å². The lowest BCUT2D eigenvalue weighted by molar-refractivity contribution is 0.443. The summed E-state index contributed by atoms with van der Waals surface area (Å²) in [6.07, 6.45) is 6.41. The Balaban J connectivity index is 1.65. The lowest BCUT2D eigenvalue weighted by atomic mass is 9.99. The minimum absolute atomic E-state index is 0.643. The fourth-order valence-electron chi connectivity index (χ4n) is 3.72. The van der Waals surface area contributed by atoms with Gasteiger partial charge in [0.05, 0.1) is 16.1 Å². The summed E-state index contributed by atoms with van der Waals surface area (Å²) in [5, 5.41) is 0.643. The van der Waals surface area contributed by atoms with Crippen LogP contribution in [0.25, 0.3) is 22.4 Å². The van der Waals surface area contributed by atoms with Crippen molar-refractivity contribution in [1.82, 2.24) is 14.5 Å². The molecule has 0 saturated carbocycles. The quantitative estimate of drug-likeness (QED) is 0.640. The summed E-state index contributed by atoms with van der Waals surface area (Å²) in [4.78, 5) is 11.8. The molecule has 0 aliphatic carbocycles. The van der Waals surface area contributed by atoms with Gasteiger partial charge in [-0.1, -0.05) is 23.7 Å². The van der Waals surface area contributed by atoms with Crippen molar-refractivity contribution in [2.24, 2.45) is 13.0 Å². The van der Waals surface area contributed by atoms with E-state index in [0.717, 1.165) is 47.2 Å². The molecule has 136 valence electrons. The van der Waals surface area contributed by atoms with Crippen molar-refractivity contribution in [1.29, 1.82) is 0 Å². The third kappa shape index (κ3) is 3.30. The molecular weight excluding hydrogens is 364 g/mol. The van der Waals surface area contributed by atoms with E-state index in [9.17, 15) is 0 Å². The summed E-state index contributed by atoms with van der Waals surface area (Å²) in [6, 6.07) is 10.3. The van der Waals surface area contributed by atoms with Crippen LogP contribution < -0.4 is 4.90 Å². The molecule has 4 nitrogen and oxygen atoms in total. The first-order chi connectivity index (χ1) is 12.7. The molecule has 0 bridgehead atoms. The SMILES string of the molecule is CSCC1CCN(c2cc(-c3nc4ccccc4n3C)c(Cl)cn2)CC1. The highest BCUT2D eigenvalue weighted by molar-refractivity contribution is 7.98. The number of nitrogens with zero attached hydrogens (tertiary/aromatic N) is 4. The van der Waals surface area contributed by atoms with E-state index < -0.39 is 0 Å². The fourth-order valence-corrected chi connectivity index (χ4v) is 4.72. The average Bonchev–Trinajstić information content (AvgIpc) is 3.00. The molecule has 4 rings (SSSR count). The largest absolute Gasteiger partial charge is 0.357 e. The molecule has 0 spiro atoms. The number of rotatable bonds is 4. The number of thioether (sulfide) groups is 1. The van der Waals surface area contributed by atoms with Crippen molar-refractivity contribution in [2.45, 2.75) is 12.8 Å². The first kappa shape index (κ1) is 17.7. The number of anilines is 1. The second-order valence-corrected chi connectivity index (χ2v) is 8.21. The summed E-state index contributed by atoms with van der Waals surface area (Å²) in [5.74, 6) is 3.97. The van der Waals surface area contributed by atoms with Gasteiger partial charge in [-0.2, -0.15) is 11.8 Å². The van der Waals surface area contributed by atoms with Gasteiger partial charge in [0.1, 0.15) is 11.6 Å². The number of aryl methyl sites for hydroxylation is 1. The summed E-state index contributed by atoms with van der Waals surface area (Å²) < 4.78 is 2.10. The monoisotopic (exact) mass is 386 g/mol. The number of halogens is 1. The smallest absolute Gasteiger partial charge is 0.142 e. The van der Waals surface area contributed by atoms with Crippen LogP contribution in [0.15, 0.2) is 36.5 Å². The Morgan fingerprint density at radius 3 is 2.73 bits per heavy atom. The van der Waals surface area contributed by atoms with Crippen molar-refractivity contribution >= 4 is 40.2 Å². The molecule has 3 heterocycles. The molecule has 26 heavy (non-hydrogen) atoms. The summed E-state index contributed by atoms with van der Waals surface area (Å²) in [7, 11) is 2.04. The fraction of sp³-hybridized carbons (Fsp3) is 0.400. The van der Waals surface area contributed by atoms with Gasteiger partial charge in [0, 0.05) is 31.9 Å². The van der Waals surface area contributed by atoms with Gasteiger partial charge in [0.2, 0.25) is 0 Å². The normalized spacial score (nSPS) is 15.7. The molecular formula is C20H23ClN4S. The maximum atomic E-state index is 6.50. The zero-order valence-electron chi connectivity index (χ0n) is 15.2. The van der Waals surface area contributed by atoms with Crippen molar-refractivity contribution in [2.75, 3.05) is 30.0 Å². The van der Waals surface area contributed by atoms with E-state index in [1.54, 1.807) is 6.20 Å². The minimum atomic E-state index is 0.643. The second-order valence-electron chi connectivity index (χ2n) is 6.89. The predicted molar refractivity (Wildman–Crippen MR) is 112 cm³/mol. The maximum Gasteiger partial charge on any atom is 0.142 e. The third-order valence-corrected chi connectivity index (χ3v) is 6.32. The number of benzene rings is 1. The van der Waals surface area contributed by atoms with Crippen LogP contribution in [0.1, 0.15) is 12.8 Å². The molecule has 0 amide bonds. The Bertz CT molecular complexity index is 915. The van der Waals surface area contributed by atoms with Crippen molar-refractivity contribution in [3.63, 3.8) is 0 Å². The molecule has 3 aromatic rings. The Labute approximate surface area is 163 Å². The third-order valence-electron chi connectivity index (χ3n) is 5.21. The number of pyridine rings is 1. The summed E-state index contributed by atoms with van der Waals surface area (Å²) >= 11 is 8.44. The number of para-hydroxylation sites is 2. The van der Waals surface area contributed by atoms with E-state index in [4.69, 9.17) is 16.6 Å². The number of hydrogen-bond acceptors (Lipinski definition) is 4. The number of piperidine rings is 1. The molecule has 0 unspecified atom stereocenters. The molecule has 1 aliphatic rings. The zero-order valence-corrected chi connectivity index (χ0v) is 16.7. The van der Waals surface area contributed by atoms with Crippen LogP contribution in [-0.2, 0) is 7.05 Å². The van der Waals surface area contributed by atoms with Gasteiger partial charge >= 0.3 is 0 Å². The average molecular weight is 387 g/mol. The van der Waals surface area contributed by atoms with Crippen LogP contribution in [0.3, 0.4) is 0 Å². The Kier molecular flexibility index (Phi) is 5.09. The standard InChI is InChI=1S/C20H23ClN4S/c1-24-18-6-4-3-5-17(18)23-20(24)15-11-19(22-12-16(15)21)25-9-7-14(8-10-25)13-26-2/h3-6,11-12,14H,7-10,13H2,1-2H3. The van der Waals surface area contributed by atoms with Crippen LogP contribution in [0.2, 0.25) is 5.02 Å². The summed E-state index contributed by atoms with van der Waals surface area (Å²) in [5.41, 5.74) is 3.04.